The predicted molar refractivity (Wildman–Crippen MR) is 84.3 cm³/mol. The number of anilines is 1. The average molecular weight is 288 g/mol. The van der Waals surface area contributed by atoms with Crippen LogP contribution in [0.2, 0.25) is 0 Å². The molecular formula is C17H24N2O2. The number of nitrogens with one attached hydrogen (secondary N) is 1. The van der Waals surface area contributed by atoms with Gasteiger partial charge < -0.3 is 10.2 Å². The fraction of sp³-hybridized carbons (Fsp3) is 0.529. The second-order valence-electron chi connectivity index (χ2n) is 6.02. The van der Waals surface area contributed by atoms with Gasteiger partial charge in [0.1, 0.15) is 0 Å². The van der Waals surface area contributed by atoms with Crippen LogP contribution >= 0.6 is 0 Å². The summed E-state index contributed by atoms with van der Waals surface area (Å²) in [5.41, 5.74) is 3.10. The molecular weight excluding hydrogens is 264 g/mol. The Bertz CT molecular complexity index is 552. The van der Waals surface area contributed by atoms with Crippen LogP contribution in [0.3, 0.4) is 0 Å². The van der Waals surface area contributed by atoms with Gasteiger partial charge in [-0.25, -0.2) is 0 Å². The summed E-state index contributed by atoms with van der Waals surface area (Å²) in [7, 11) is 0. The molecule has 2 amide bonds. The lowest BCUT2D eigenvalue weighted by Gasteiger charge is -2.18. The van der Waals surface area contributed by atoms with Gasteiger partial charge in [0.25, 0.3) is 0 Å². The van der Waals surface area contributed by atoms with E-state index in [4.69, 9.17) is 0 Å². The highest BCUT2D eigenvalue weighted by Gasteiger charge is 2.33. The Kier molecular flexibility index (Phi) is 4.66. The SMILES string of the molecule is CCN1CC(C(=O)Nc2c(C)cccc2C(C)C)CC1=O. The largest absolute Gasteiger partial charge is 0.342 e. The van der Waals surface area contributed by atoms with Crippen LogP contribution in [0.15, 0.2) is 18.2 Å². The normalized spacial score (nSPS) is 18.4. The van der Waals surface area contributed by atoms with Crippen LogP contribution in [0.5, 0.6) is 0 Å². The number of carbonyl (C=O) groups excluding carboxylic acids is 2. The van der Waals surface area contributed by atoms with Gasteiger partial charge in [0, 0.05) is 25.2 Å². The number of nitrogens with zero attached hydrogens (tertiary/aromatic N) is 1. The first kappa shape index (κ1) is 15.5. The van der Waals surface area contributed by atoms with Crippen molar-refractivity contribution < 1.29 is 9.59 Å². The zero-order chi connectivity index (χ0) is 15.6. The molecule has 4 heteroatoms. The molecule has 0 saturated carbocycles. The third-order valence-corrected chi connectivity index (χ3v) is 4.14. The molecule has 0 aromatic heterocycles. The van der Waals surface area contributed by atoms with Crippen molar-refractivity contribution in [2.75, 3.05) is 18.4 Å². The van der Waals surface area contributed by atoms with Crippen molar-refractivity contribution in [3.05, 3.63) is 29.3 Å². The first-order chi connectivity index (χ1) is 9.93. The highest BCUT2D eigenvalue weighted by atomic mass is 16.2. The van der Waals surface area contributed by atoms with Crippen molar-refractivity contribution in [3.8, 4) is 0 Å². The molecule has 1 fully saturated rings. The second-order valence-corrected chi connectivity index (χ2v) is 6.02. The van der Waals surface area contributed by atoms with E-state index in [0.29, 0.717) is 25.4 Å². The van der Waals surface area contributed by atoms with Crippen LogP contribution in [-0.2, 0) is 9.59 Å². The van der Waals surface area contributed by atoms with Gasteiger partial charge in [-0.15, -0.1) is 0 Å². The summed E-state index contributed by atoms with van der Waals surface area (Å²) in [5, 5.41) is 3.05. The Labute approximate surface area is 126 Å². The zero-order valence-corrected chi connectivity index (χ0v) is 13.3. The number of para-hydroxylation sites is 1. The lowest BCUT2D eigenvalue weighted by Crippen LogP contribution is -2.28. The van der Waals surface area contributed by atoms with E-state index in [2.05, 4.69) is 19.2 Å². The van der Waals surface area contributed by atoms with Gasteiger partial charge in [0.05, 0.1) is 5.92 Å². The molecule has 1 aliphatic rings. The van der Waals surface area contributed by atoms with Crippen molar-refractivity contribution >= 4 is 17.5 Å². The number of benzene rings is 1. The summed E-state index contributed by atoms with van der Waals surface area (Å²) in [6, 6.07) is 6.06. The first-order valence-electron chi connectivity index (χ1n) is 7.62. The Morgan fingerprint density at radius 1 is 1.43 bits per heavy atom. The molecule has 2 rings (SSSR count). The van der Waals surface area contributed by atoms with Crippen molar-refractivity contribution in [1.29, 1.82) is 0 Å². The minimum absolute atomic E-state index is 0.0458. The maximum absolute atomic E-state index is 12.5. The van der Waals surface area contributed by atoms with Gasteiger partial charge >= 0.3 is 0 Å². The van der Waals surface area contributed by atoms with Crippen LogP contribution in [-0.4, -0.2) is 29.8 Å². The van der Waals surface area contributed by atoms with Gasteiger partial charge in [0.15, 0.2) is 0 Å². The van der Waals surface area contributed by atoms with Gasteiger partial charge in [-0.1, -0.05) is 32.0 Å². The number of likely N-dealkylation sites (tertiary alicyclic amines) is 1. The molecule has 1 N–H and O–H groups in total. The quantitative estimate of drug-likeness (QED) is 0.926. The van der Waals surface area contributed by atoms with Gasteiger partial charge in [-0.3, -0.25) is 9.59 Å². The van der Waals surface area contributed by atoms with E-state index in [0.717, 1.165) is 16.8 Å². The van der Waals surface area contributed by atoms with Crippen LogP contribution in [0.4, 0.5) is 5.69 Å². The smallest absolute Gasteiger partial charge is 0.229 e. The first-order valence-corrected chi connectivity index (χ1v) is 7.62. The predicted octanol–water partition coefficient (Wildman–Crippen LogP) is 2.93. The average Bonchev–Trinajstić information content (AvgIpc) is 2.82. The van der Waals surface area contributed by atoms with E-state index in [1.165, 1.54) is 0 Å². The summed E-state index contributed by atoms with van der Waals surface area (Å²) in [4.78, 5) is 26.0. The molecule has 1 unspecified atom stereocenters. The van der Waals surface area contributed by atoms with Crippen molar-refractivity contribution in [2.45, 2.75) is 40.0 Å². The summed E-state index contributed by atoms with van der Waals surface area (Å²) < 4.78 is 0. The number of carbonyl (C=O) groups is 2. The summed E-state index contributed by atoms with van der Waals surface area (Å²) in [6.07, 6.45) is 0.322. The molecule has 1 aliphatic heterocycles. The molecule has 4 nitrogen and oxygen atoms in total. The molecule has 0 radical (unpaired) electrons. The van der Waals surface area contributed by atoms with Crippen LogP contribution in [0, 0.1) is 12.8 Å². The third kappa shape index (κ3) is 3.26. The number of rotatable bonds is 4. The zero-order valence-electron chi connectivity index (χ0n) is 13.3. The molecule has 1 aromatic rings. The third-order valence-electron chi connectivity index (χ3n) is 4.14. The molecule has 1 heterocycles. The molecule has 1 aromatic carbocycles. The molecule has 0 bridgehead atoms. The molecule has 0 aliphatic carbocycles. The Hall–Kier alpha value is -1.84. The fourth-order valence-corrected chi connectivity index (χ4v) is 2.82. The van der Waals surface area contributed by atoms with E-state index < -0.39 is 0 Å². The van der Waals surface area contributed by atoms with E-state index in [-0.39, 0.29) is 17.7 Å². The highest BCUT2D eigenvalue weighted by Crippen LogP contribution is 2.28. The molecule has 114 valence electrons. The number of hydrogen-bond donors (Lipinski definition) is 1. The summed E-state index contributed by atoms with van der Waals surface area (Å²) in [5.74, 6) is 0.136. The number of hydrogen-bond acceptors (Lipinski definition) is 2. The van der Waals surface area contributed by atoms with Crippen molar-refractivity contribution in [2.24, 2.45) is 5.92 Å². The molecule has 21 heavy (non-hydrogen) atoms. The second kappa shape index (κ2) is 6.29. The van der Waals surface area contributed by atoms with Gasteiger partial charge in [-0.2, -0.15) is 0 Å². The maximum atomic E-state index is 12.5. The van der Waals surface area contributed by atoms with E-state index >= 15 is 0 Å². The number of amides is 2. The van der Waals surface area contributed by atoms with Crippen LogP contribution in [0.25, 0.3) is 0 Å². The minimum atomic E-state index is -0.239. The Balaban J connectivity index is 2.16. The fourth-order valence-electron chi connectivity index (χ4n) is 2.82. The summed E-state index contributed by atoms with van der Waals surface area (Å²) >= 11 is 0. The Morgan fingerprint density at radius 2 is 2.14 bits per heavy atom. The van der Waals surface area contributed by atoms with E-state index in [1.54, 1.807) is 4.90 Å². The molecule has 0 spiro atoms. The number of aryl methyl sites for hydroxylation is 1. The maximum Gasteiger partial charge on any atom is 0.229 e. The highest BCUT2D eigenvalue weighted by molar-refractivity contribution is 5.98. The van der Waals surface area contributed by atoms with E-state index in [9.17, 15) is 9.59 Å². The lowest BCUT2D eigenvalue weighted by atomic mass is 9.97. The topological polar surface area (TPSA) is 49.4 Å². The Morgan fingerprint density at radius 3 is 2.71 bits per heavy atom. The lowest BCUT2D eigenvalue weighted by molar-refractivity contribution is -0.128. The van der Waals surface area contributed by atoms with Crippen LogP contribution < -0.4 is 5.32 Å². The van der Waals surface area contributed by atoms with Crippen molar-refractivity contribution in [3.63, 3.8) is 0 Å². The molecule has 1 saturated heterocycles. The van der Waals surface area contributed by atoms with Gasteiger partial charge in [0.2, 0.25) is 11.8 Å². The minimum Gasteiger partial charge on any atom is -0.342 e. The van der Waals surface area contributed by atoms with Gasteiger partial charge in [-0.05, 0) is 30.9 Å². The summed E-state index contributed by atoms with van der Waals surface area (Å²) in [6.45, 7) is 9.37. The van der Waals surface area contributed by atoms with Crippen LogP contribution in [0.1, 0.15) is 44.2 Å². The standard InChI is InChI=1S/C17H24N2O2/c1-5-19-10-13(9-15(19)20)17(21)18-16-12(4)7-6-8-14(16)11(2)3/h6-8,11,13H,5,9-10H2,1-4H3,(H,18,21). The van der Waals surface area contributed by atoms with E-state index in [1.807, 2.05) is 32.0 Å². The van der Waals surface area contributed by atoms with Crippen molar-refractivity contribution in [1.82, 2.24) is 4.90 Å². The molecule has 1 atom stereocenters. The monoisotopic (exact) mass is 288 g/mol.